The van der Waals surface area contributed by atoms with Gasteiger partial charge in [-0.1, -0.05) is 39.8 Å². The fourth-order valence-corrected chi connectivity index (χ4v) is 1.75. The Labute approximate surface area is 99.8 Å². The molecule has 0 unspecified atom stereocenters. The first-order valence-electron chi connectivity index (χ1n) is 6.56. The number of carbonyl (C=O) groups is 1. The molecule has 0 aromatic heterocycles. The van der Waals surface area contributed by atoms with Crippen LogP contribution in [0.2, 0.25) is 0 Å². The van der Waals surface area contributed by atoms with Gasteiger partial charge in [-0.2, -0.15) is 0 Å². The van der Waals surface area contributed by atoms with Gasteiger partial charge in [0.05, 0.1) is 0 Å². The van der Waals surface area contributed by atoms with Crippen LogP contribution >= 0.6 is 0 Å². The van der Waals surface area contributed by atoms with Gasteiger partial charge in [-0.25, -0.2) is 0 Å². The van der Waals surface area contributed by atoms with Gasteiger partial charge in [0.1, 0.15) is 0 Å². The second kappa shape index (κ2) is 9.20. The smallest absolute Gasteiger partial charge is 0.224 e. The molecular weight excluding hydrogens is 198 g/mol. The molecule has 2 nitrogen and oxygen atoms in total. The van der Waals surface area contributed by atoms with Crippen molar-refractivity contribution in [3.63, 3.8) is 0 Å². The SMILES string of the molecule is CC.CC.O=C1CCCC2=CCCC=C2N1. The average Bonchev–Trinajstić information content (AvgIpc) is 2.55. The number of allylic oxidation sites excluding steroid dienone is 3. The van der Waals surface area contributed by atoms with Crippen LogP contribution in [0.5, 0.6) is 0 Å². The number of rotatable bonds is 0. The molecule has 0 saturated carbocycles. The summed E-state index contributed by atoms with van der Waals surface area (Å²) in [6.45, 7) is 8.00. The molecule has 1 fully saturated rings. The quantitative estimate of drug-likeness (QED) is 0.662. The zero-order valence-electron chi connectivity index (χ0n) is 11.1. The van der Waals surface area contributed by atoms with Crippen molar-refractivity contribution in [2.24, 2.45) is 0 Å². The molecule has 1 amide bonds. The van der Waals surface area contributed by atoms with Crippen LogP contribution < -0.4 is 5.32 Å². The summed E-state index contributed by atoms with van der Waals surface area (Å²) in [4.78, 5) is 11.2. The topological polar surface area (TPSA) is 29.1 Å². The van der Waals surface area contributed by atoms with E-state index in [0.717, 1.165) is 31.4 Å². The summed E-state index contributed by atoms with van der Waals surface area (Å²) in [6.07, 6.45) is 9.32. The van der Waals surface area contributed by atoms with Gasteiger partial charge >= 0.3 is 0 Å². The molecule has 92 valence electrons. The maximum atomic E-state index is 11.2. The first-order valence-corrected chi connectivity index (χ1v) is 6.56. The lowest BCUT2D eigenvalue weighted by atomic mass is 10.0. The number of fused-ring (bicyclic) bond motifs is 1. The van der Waals surface area contributed by atoms with E-state index in [1.807, 2.05) is 27.7 Å². The second-order valence-corrected chi connectivity index (χ2v) is 3.33. The first kappa shape index (κ1) is 14.9. The zero-order valence-corrected chi connectivity index (χ0v) is 11.1. The Balaban J connectivity index is 0.000000509. The summed E-state index contributed by atoms with van der Waals surface area (Å²) >= 11 is 0. The van der Waals surface area contributed by atoms with Crippen LogP contribution in [0, 0.1) is 0 Å². The minimum absolute atomic E-state index is 0.173. The second-order valence-electron chi connectivity index (χ2n) is 3.33. The molecule has 0 aromatic rings. The molecule has 0 bridgehead atoms. The van der Waals surface area contributed by atoms with Gasteiger partial charge in [0.25, 0.3) is 0 Å². The Morgan fingerprint density at radius 3 is 2.31 bits per heavy atom. The molecule has 1 heterocycles. The van der Waals surface area contributed by atoms with Crippen LogP contribution in [0.1, 0.15) is 59.8 Å². The minimum atomic E-state index is 0.173. The molecule has 0 aromatic carbocycles. The molecule has 1 aliphatic carbocycles. The van der Waals surface area contributed by atoms with E-state index in [4.69, 9.17) is 0 Å². The molecule has 0 spiro atoms. The van der Waals surface area contributed by atoms with Gasteiger partial charge in [-0.15, -0.1) is 0 Å². The van der Waals surface area contributed by atoms with Crippen molar-refractivity contribution in [3.8, 4) is 0 Å². The number of hydrogen-bond acceptors (Lipinski definition) is 1. The zero-order chi connectivity index (χ0) is 12.4. The summed E-state index contributed by atoms with van der Waals surface area (Å²) < 4.78 is 0. The lowest BCUT2D eigenvalue weighted by Crippen LogP contribution is -2.21. The summed E-state index contributed by atoms with van der Waals surface area (Å²) in [5, 5.41) is 2.93. The lowest BCUT2D eigenvalue weighted by Gasteiger charge is -2.12. The maximum absolute atomic E-state index is 11.2. The van der Waals surface area contributed by atoms with E-state index in [1.165, 1.54) is 5.57 Å². The van der Waals surface area contributed by atoms with Crippen LogP contribution in [0.25, 0.3) is 0 Å². The van der Waals surface area contributed by atoms with E-state index in [1.54, 1.807) is 0 Å². The van der Waals surface area contributed by atoms with Gasteiger partial charge in [-0.3, -0.25) is 4.79 Å². The highest BCUT2D eigenvalue weighted by Gasteiger charge is 2.15. The molecule has 1 N–H and O–H groups in total. The Morgan fingerprint density at radius 2 is 1.62 bits per heavy atom. The number of hydrogen-bond donors (Lipinski definition) is 1. The molecule has 2 aliphatic rings. The van der Waals surface area contributed by atoms with Gasteiger partial charge < -0.3 is 5.32 Å². The summed E-state index contributed by atoms with van der Waals surface area (Å²) in [5.74, 6) is 0.173. The predicted octanol–water partition coefficient (Wildman–Crippen LogP) is 3.94. The maximum Gasteiger partial charge on any atom is 0.224 e. The molecule has 2 heteroatoms. The van der Waals surface area contributed by atoms with E-state index < -0.39 is 0 Å². The molecule has 0 radical (unpaired) electrons. The standard InChI is InChI=1S/C10H13NO.2C2H6/c12-10-7-3-5-8-4-1-2-6-9(8)11-10;2*1-2/h4,6H,1-3,5,7H2,(H,11,12);2*1-2H3. The Morgan fingerprint density at radius 1 is 1.00 bits per heavy atom. The van der Waals surface area contributed by atoms with Gasteiger partial charge in [0.2, 0.25) is 5.91 Å². The van der Waals surface area contributed by atoms with E-state index in [-0.39, 0.29) is 5.91 Å². The van der Waals surface area contributed by atoms with E-state index in [9.17, 15) is 4.79 Å². The minimum Gasteiger partial charge on any atom is -0.326 e. The van der Waals surface area contributed by atoms with Crippen LogP contribution in [0.4, 0.5) is 0 Å². The Kier molecular flexibility index (Phi) is 8.59. The number of carbonyl (C=O) groups excluding carboxylic acids is 1. The van der Waals surface area contributed by atoms with Gasteiger partial charge in [-0.05, 0) is 31.3 Å². The predicted molar refractivity (Wildman–Crippen MR) is 70.1 cm³/mol. The molecule has 0 atom stereocenters. The van der Waals surface area contributed by atoms with E-state index in [0.29, 0.717) is 6.42 Å². The van der Waals surface area contributed by atoms with Gasteiger partial charge in [0.15, 0.2) is 0 Å². The average molecular weight is 223 g/mol. The Hall–Kier alpha value is -1.05. The van der Waals surface area contributed by atoms with Crippen molar-refractivity contribution >= 4 is 5.91 Å². The summed E-state index contributed by atoms with van der Waals surface area (Å²) in [6, 6.07) is 0. The number of amides is 1. The monoisotopic (exact) mass is 223 g/mol. The highest BCUT2D eigenvalue weighted by molar-refractivity contribution is 5.79. The Bertz CT molecular complexity index is 264. The fourth-order valence-electron chi connectivity index (χ4n) is 1.75. The van der Waals surface area contributed by atoms with Crippen molar-refractivity contribution < 1.29 is 4.79 Å². The third kappa shape index (κ3) is 4.65. The first-order chi connectivity index (χ1) is 7.86. The van der Waals surface area contributed by atoms with Crippen molar-refractivity contribution in [1.29, 1.82) is 0 Å². The van der Waals surface area contributed by atoms with Crippen LogP contribution in [-0.2, 0) is 4.79 Å². The normalized spacial score (nSPS) is 18.1. The third-order valence-corrected chi connectivity index (χ3v) is 2.38. The van der Waals surface area contributed by atoms with Crippen molar-refractivity contribution in [1.82, 2.24) is 5.32 Å². The molecule has 1 saturated heterocycles. The fraction of sp³-hybridized carbons (Fsp3) is 0.643. The van der Waals surface area contributed by atoms with Crippen LogP contribution in [-0.4, -0.2) is 5.91 Å². The summed E-state index contributed by atoms with van der Waals surface area (Å²) in [7, 11) is 0. The molecule has 16 heavy (non-hydrogen) atoms. The highest BCUT2D eigenvalue weighted by atomic mass is 16.1. The molecule has 1 aliphatic heterocycles. The van der Waals surface area contributed by atoms with E-state index >= 15 is 0 Å². The molecule has 2 rings (SSSR count). The van der Waals surface area contributed by atoms with Crippen LogP contribution in [0.3, 0.4) is 0 Å². The van der Waals surface area contributed by atoms with Crippen molar-refractivity contribution in [3.05, 3.63) is 23.4 Å². The third-order valence-electron chi connectivity index (χ3n) is 2.38. The van der Waals surface area contributed by atoms with Gasteiger partial charge in [0, 0.05) is 12.1 Å². The van der Waals surface area contributed by atoms with Crippen molar-refractivity contribution in [2.45, 2.75) is 59.8 Å². The molecular formula is C14H25NO. The highest BCUT2D eigenvalue weighted by Crippen LogP contribution is 2.24. The lowest BCUT2D eigenvalue weighted by molar-refractivity contribution is -0.120. The summed E-state index contributed by atoms with van der Waals surface area (Å²) in [5.41, 5.74) is 2.41. The van der Waals surface area contributed by atoms with Crippen molar-refractivity contribution in [2.75, 3.05) is 0 Å². The van der Waals surface area contributed by atoms with E-state index in [2.05, 4.69) is 17.5 Å². The largest absolute Gasteiger partial charge is 0.326 e. The van der Waals surface area contributed by atoms with Crippen LogP contribution in [0.15, 0.2) is 23.4 Å². The number of nitrogens with one attached hydrogen (secondary N) is 1.